The molecule has 24 heavy (non-hydrogen) atoms. The Morgan fingerprint density at radius 2 is 1.83 bits per heavy atom. The molecule has 0 amide bonds. The van der Waals surface area contributed by atoms with Crippen LogP contribution in [0.4, 0.5) is 5.69 Å². The molecule has 0 radical (unpaired) electrons. The van der Waals surface area contributed by atoms with Crippen LogP contribution in [0, 0.1) is 5.92 Å². The van der Waals surface area contributed by atoms with E-state index in [1.165, 1.54) is 22.8 Å². The zero-order valence-electron chi connectivity index (χ0n) is 15.0. The molecule has 0 aliphatic carbocycles. The Morgan fingerprint density at radius 3 is 2.42 bits per heavy atom. The van der Waals surface area contributed by atoms with E-state index in [2.05, 4.69) is 58.6 Å². The van der Waals surface area contributed by atoms with Gasteiger partial charge in [-0.2, -0.15) is 11.8 Å². The van der Waals surface area contributed by atoms with Crippen molar-refractivity contribution < 1.29 is 0 Å². The summed E-state index contributed by atoms with van der Waals surface area (Å²) in [7, 11) is 1.82. The first-order valence-electron chi connectivity index (χ1n) is 8.55. The van der Waals surface area contributed by atoms with Gasteiger partial charge in [0.15, 0.2) is 5.96 Å². The minimum atomic E-state index is 0. The van der Waals surface area contributed by atoms with Gasteiger partial charge >= 0.3 is 0 Å². The van der Waals surface area contributed by atoms with E-state index < -0.39 is 0 Å². The highest BCUT2D eigenvalue weighted by molar-refractivity contribution is 14.0. The summed E-state index contributed by atoms with van der Waals surface area (Å²) < 4.78 is 0. The van der Waals surface area contributed by atoms with Gasteiger partial charge in [-0.05, 0) is 30.0 Å². The Balaban J connectivity index is 0.00000288. The first-order valence-corrected chi connectivity index (χ1v) is 9.70. The molecule has 1 aliphatic rings. The molecule has 1 fully saturated rings. The van der Waals surface area contributed by atoms with Crippen molar-refractivity contribution in [3.05, 3.63) is 29.8 Å². The van der Waals surface area contributed by atoms with Crippen molar-refractivity contribution in [1.82, 2.24) is 10.6 Å². The molecule has 0 bridgehead atoms. The lowest BCUT2D eigenvalue weighted by Crippen LogP contribution is -2.37. The molecule has 0 unspecified atom stereocenters. The number of halogens is 1. The molecule has 1 aromatic rings. The highest BCUT2D eigenvalue weighted by atomic mass is 127. The van der Waals surface area contributed by atoms with Gasteiger partial charge in [0.2, 0.25) is 0 Å². The Morgan fingerprint density at radius 1 is 1.17 bits per heavy atom. The van der Waals surface area contributed by atoms with Crippen molar-refractivity contribution in [1.29, 1.82) is 0 Å². The lowest BCUT2D eigenvalue weighted by molar-refractivity contribution is 0.573. The normalized spacial score (nSPS) is 15.2. The van der Waals surface area contributed by atoms with Crippen molar-refractivity contribution in [2.75, 3.05) is 43.1 Å². The van der Waals surface area contributed by atoms with E-state index >= 15 is 0 Å². The number of hydrogen-bond acceptors (Lipinski definition) is 3. The SMILES string of the molecule is CN=C(NCCC(C)C)NCc1ccc(N2CCSCC2)cc1.I. The Hall–Kier alpha value is -0.630. The molecular formula is C18H31IN4S. The molecule has 1 aliphatic heterocycles. The van der Waals surface area contributed by atoms with Crippen LogP contribution in [-0.2, 0) is 6.54 Å². The molecule has 0 saturated carbocycles. The van der Waals surface area contributed by atoms with Crippen LogP contribution in [0.3, 0.4) is 0 Å². The molecule has 2 N–H and O–H groups in total. The minimum Gasteiger partial charge on any atom is -0.370 e. The van der Waals surface area contributed by atoms with Crippen LogP contribution in [0.5, 0.6) is 0 Å². The third-order valence-electron chi connectivity index (χ3n) is 4.01. The van der Waals surface area contributed by atoms with E-state index in [0.717, 1.165) is 38.6 Å². The van der Waals surface area contributed by atoms with Crippen LogP contribution in [0.15, 0.2) is 29.3 Å². The standard InChI is InChI=1S/C18H30N4S.HI/c1-15(2)8-9-20-18(19-3)21-14-16-4-6-17(7-5-16)22-10-12-23-13-11-22;/h4-7,15H,8-14H2,1-3H3,(H2,19,20,21);1H. The summed E-state index contributed by atoms with van der Waals surface area (Å²) in [5, 5.41) is 6.74. The van der Waals surface area contributed by atoms with Crippen molar-refractivity contribution in [2.24, 2.45) is 10.9 Å². The minimum absolute atomic E-state index is 0. The maximum Gasteiger partial charge on any atom is 0.191 e. The zero-order chi connectivity index (χ0) is 16.5. The molecule has 4 nitrogen and oxygen atoms in total. The quantitative estimate of drug-likeness (QED) is 0.385. The van der Waals surface area contributed by atoms with Crippen molar-refractivity contribution >= 4 is 47.4 Å². The molecule has 136 valence electrons. The Bertz CT molecular complexity index is 484. The summed E-state index contributed by atoms with van der Waals surface area (Å²) in [6, 6.07) is 8.90. The number of nitrogens with one attached hydrogen (secondary N) is 2. The topological polar surface area (TPSA) is 39.7 Å². The molecule has 1 heterocycles. The van der Waals surface area contributed by atoms with Crippen LogP contribution in [0.25, 0.3) is 0 Å². The fourth-order valence-electron chi connectivity index (χ4n) is 2.53. The van der Waals surface area contributed by atoms with Gasteiger partial charge in [-0.25, -0.2) is 0 Å². The largest absolute Gasteiger partial charge is 0.370 e. The van der Waals surface area contributed by atoms with E-state index in [9.17, 15) is 0 Å². The second-order valence-electron chi connectivity index (χ2n) is 6.30. The van der Waals surface area contributed by atoms with Gasteiger partial charge < -0.3 is 15.5 Å². The number of hydrogen-bond donors (Lipinski definition) is 2. The van der Waals surface area contributed by atoms with E-state index in [1.807, 2.05) is 18.8 Å². The van der Waals surface area contributed by atoms with Crippen LogP contribution < -0.4 is 15.5 Å². The third kappa shape index (κ3) is 7.51. The smallest absolute Gasteiger partial charge is 0.191 e. The number of benzene rings is 1. The fourth-order valence-corrected chi connectivity index (χ4v) is 3.43. The lowest BCUT2D eigenvalue weighted by Gasteiger charge is -2.28. The van der Waals surface area contributed by atoms with Crippen LogP contribution >= 0.6 is 35.7 Å². The van der Waals surface area contributed by atoms with Gasteiger partial charge in [0.05, 0.1) is 0 Å². The summed E-state index contributed by atoms with van der Waals surface area (Å²) in [6.45, 7) is 8.56. The maximum atomic E-state index is 4.27. The average Bonchev–Trinajstić information content (AvgIpc) is 2.59. The highest BCUT2D eigenvalue weighted by Crippen LogP contribution is 2.19. The maximum absolute atomic E-state index is 4.27. The van der Waals surface area contributed by atoms with E-state index in [1.54, 1.807) is 0 Å². The van der Waals surface area contributed by atoms with E-state index in [4.69, 9.17) is 0 Å². The van der Waals surface area contributed by atoms with Crippen molar-refractivity contribution in [3.8, 4) is 0 Å². The van der Waals surface area contributed by atoms with Gasteiger partial charge in [0, 0.05) is 50.4 Å². The summed E-state index contributed by atoms with van der Waals surface area (Å²) in [5.41, 5.74) is 2.63. The number of aliphatic imine (C=N–C) groups is 1. The number of guanidine groups is 1. The predicted octanol–water partition coefficient (Wildman–Crippen LogP) is 3.57. The molecule has 6 heteroatoms. The van der Waals surface area contributed by atoms with Gasteiger partial charge in [-0.15, -0.1) is 24.0 Å². The average molecular weight is 462 g/mol. The number of nitrogens with zero attached hydrogens (tertiary/aromatic N) is 2. The zero-order valence-corrected chi connectivity index (χ0v) is 18.2. The first-order chi connectivity index (χ1) is 11.2. The molecule has 0 aromatic heterocycles. The van der Waals surface area contributed by atoms with E-state index in [0.29, 0.717) is 5.92 Å². The van der Waals surface area contributed by atoms with Gasteiger partial charge in [-0.3, -0.25) is 4.99 Å². The summed E-state index contributed by atoms with van der Waals surface area (Å²) >= 11 is 2.05. The van der Waals surface area contributed by atoms with Crippen LogP contribution in [0.1, 0.15) is 25.8 Å². The summed E-state index contributed by atoms with van der Waals surface area (Å²) in [4.78, 5) is 6.75. The Kier molecular flexibility index (Phi) is 10.6. The molecular weight excluding hydrogens is 431 g/mol. The number of thioether (sulfide) groups is 1. The highest BCUT2D eigenvalue weighted by Gasteiger charge is 2.10. The molecule has 2 rings (SSSR count). The Labute approximate surface area is 168 Å². The van der Waals surface area contributed by atoms with E-state index in [-0.39, 0.29) is 24.0 Å². The summed E-state index contributed by atoms with van der Waals surface area (Å²) in [6.07, 6.45) is 1.16. The lowest BCUT2D eigenvalue weighted by atomic mass is 10.1. The van der Waals surface area contributed by atoms with Crippen molar-refractivity contribution in [2.45, 2.75) is 26.8 Å². The molecule has 1 aromatic carbocycles. The molecule has 0 spiro atoms. The second-order valence-corrected chi connectivity index (χ2v) is 7.53. The molecule has 0 atom stereocenters. The second kappa shape index (κ2) is 11.8. The third-order valence-corrected chi connectivity index (χ3v) is 4.95. The number of rotatable bonds is 6. The fraction of sp³-hybridized carbons (Fsp3) is 0.611. The van der Waals surface area contributed by atoms with Crippen LogP contribution in [-0.4, -0.2) is 44.1 Å². The first kappa shape index (κ1) is 21.4. The monoisotopic (exact) mass is 462 g/mol. The molecule has 1 saturated heterocycles. The van der Waals surface area contributed by atoms with Crippen LogP contribution in [0.2, 0.25) is 0 Å². The van der Waals surface area contributed by atoms with Gasteiger partial charge in [0.25, 0.3) is 0 Å². The predicted molar refractivity (Wildman–Crippen MR) is 119 cm³/mol. The number of anilines is 1. The van der Waals surface area contributed by atoms with Gasteiger partial charge in [-0.1, -0.05) is 26.0 Å². The van der Waals surface area contributed by atoms with Gasteiger partial charge in [0.1, 0.15) is 0 Å². The summed E-state index contributed by atoms with van der Waals surface area (Å²) in [5.74, 6) is 4.06. The van der Waals surface area contributed by atoms with Crippen molar-refractivity contribution in [3.63, 3.8) is 0 Å².